The van der Waals surface area contributed by atoms with Crippen molar-refractivity contribution in [3.05, 3.63) is 100 Å². The Hall–Kier alpha value is -4.39. The van der Waals surface area contributed by atoms with Crippen LogP contribution in [0.3, 0.4) is 0 Å². The second-order valence-electron chi connectivity index (χ2n) is 7.67. The molecule has 2 heterocycles. The summed E-state index contributed by atoms with van der Waals surface area (Å²) in [5, 5.41) is 14.8. The van der Waals surface area contributed by atoms with Gasteiger partial charge in [-0.05, 0) is 47.3 Å². The molecule has 5 rings (SSSR count). The van der Waals surface area contributed by atoms with Crippen molar-refractivity contribution in [1.29, 1.82) is 5.26 Å². The number of aromatic nitrogens is 1. The van der Waals surface area contributed by atoms with Gasteiger partial charge in [0.1, 0.15) is 16.7 Å². The lowest BCUT2D eigenvalue weighted by molar-refractivity contribution is -0.119. The van der Waals surface area contributed by atoms with Gasteiger partial charge in [-0.1, -0.05) is 48.5 Å². The molecule has 1 unspecified atom stereocenters. The highest BCUT2D eigenvalue weighted by Crippen LogP contribution is 2.44. The predicted molar refractivity (Wildman–Crippen MR) is 140 cm³/mol. The SMILES string of the molecule is N#Cc1sccc1-c1c(-c2ccccc2)n(S(=O)c2ccc(OCC(=O)N=O)cc2)c2ccccc12. The molecule has 2 aromatic heterocycles. The summed E-state index contributed by atoms with van der Waals surface area (Å²) in [4.78, 5) is 22.5. The van der Waals surface area contributed by atoms with Gasteiger partial charge >= 0.3 is 5.91 Å². The summed E-state index contributed by atoms with van der Waals surface area (Å²) in [6, 6.07) is 28.1. The van der Waals surface area contributed by atoms with Gasteiger partial charge in [0.15, 0.2) is 17.6 Å². The van der Waals surface area contributed by atoms with Crippen LogP contribution in [0.5, 0.6) is 5.75 Å². The maximum atomic E-state index is 14.1. The molecule has 0 spiro atoms. The molecule has 0 aliphatic heterocycles. The second-order valence-corrected chi connectivity index (χ2v) is 9.92. The van der Waals surface area contributed by atoms with E-state index in [1.807, 2.05) is 66.0 Å². The molecule has 0 aliphatic rings. The third-order valence-corrected chi connectivity index (χ3v) is 7.78. The van der Waals surface area contributed by atoms with Crippen LogP contribution in [0, 0.1) is 16.2 Å². The van der Waals surface area contributed by atoms with Gasteiger partial charge in [0.05, 0.1) is 16.1 Å². The maximum absolute atomic E-state index is 14.1. The number of rotatable bonds is 7. The molecule has 0 N–H and O–H groups in total. The molecular weight excluding hydrogens is 494 g/mol. The van der Waals surface area contributed by atoms with E-state index in [4.69, 9.17) is 4.74 Å². The van der Waals surface area contributed by atoms with Gasteiger partial charge in [0.2, 0.25) is 0 Å². The van der Waals surface area contributed by atoms with Crippen molar-refractivity contribution in [3.8, 4) is 34.2 Å². The molecule has 3 aromatic carbocycles. The highest BCUT2D eigenvalue weighted by Gasteiger charge is 2.25. The topological polar surface area (TPSA) is 102 Å². The smallest absolute Gasteiger partial charge is 0.323 e. The van der Waals surface area contributed by atoms with Crippen LogP contribution in [-0.4, -0.2) is 20.7 Å². The average molecular weight is 512 g/mol. The van der Waals surface area contributed by atoms with Gasteiger partial charge in [-0.2, -0.15) is 5.26 Å². The molecule has 0 saturated heterocycles. The van der Waals surface area contributed by atoms with Crippen LogP contribution < -0.4 is 4.74 Å². The summed E-state index contributed by atoms with van der Waals surface area (Å²) in [5.41, 5.74) is 4.02. The standard InChI is InChI=1S/C27H17N3O4S2/c28-16-24-22(14-15-35-24)26-21-8-4-5-9-23(21)30(27(26)18-6-2-1-3-7-18)36(33)20-12-10-19(11-13-20)34-17-25(31)29-32/h1-15H,17H2. The first-order chi connectivity index (χ1) is 17.6. The first kappa shape index (κ1) is 23.4. The number of amides is 1. The van der Waals surface area contributed by atoms with Gasteiger partial charge in [0.25, 0.3) is 0 Å². The Bertz CT molecular complexity index is 1650. The van der Waals surface area contributed by atoms with Crippen molar-refractivity contribution in [2.45, 2.75) is 4.90 Å². The van der Waals surface area contributed by atoms with Gasteiger partial charge in [-0.3, -0.25) is 8.77 Å². The minimum absolute atomic E-state index is 0.353. The Kier molecular flexibility index (Phi) is 6.54. The Balaban J connectivity index is 1.70. The van der Waals surface area contributed by atoms with Gasteiger partial charge in [-0.15, -0.1) is 16.2 Å². The number of hydrogen-bond donors (Lipinski definition) is 0. The lowest BCUT2D eigenvalue weighted by Crippen LogP contribution is -2.09. The van der Waals surface area contributed by atoms with Gasteiger partial charge < -0.3 is 4.74 Å². The van der Waals surface area contributed by atoms with E-state index < -0.39 is 23.5 Å². The summed E-state index contributed by atoms with van der Waals surface area (Å²) >= 11 is 1.37. The molecule has 0 saturated carbocycles. The number of fused-ring (bicyclic) bond motifs is 1. The molecule has 5 aromatic rings. The average Bonchev–Trinajstić information content (AvgIpc) is 3.54. The van der Waals surface area contributed by atoms with Crippen molar-refractivity contribution >= 4 is 39.1 Å². The zero-order valence-corrected chi connectivity index (χ0v) is 20.3. The van der Waals surface area contributed by atoms with E-state index in [1.165, 1.54) is 11.3 Å². The van der Waals surface area contributed by atoms with Gasteiger partial charge in [0, 0.05) is 21.7 Å². The number of para-hydroxylation sites is 1. The fraction of sp³-hybridized carbons (Fsp3) is 0.0370. The molecule has 7 nitrogen and oxygen atoms in total. The minimum atomic E-state index is -1.66. The van der Waals surface area contributed by atoms with Crippen molar-refractivity contribution < 1.29 is 13.7 Å². The molecule has 0 aliphatic carbocycles. The number of benzene rings is 3. The summed E-state index contributed by atoms with van der Waals surface area (Å²) < 4.78 is 21.1. The fourth-order valence-electron chi connectivity index (χ4n) is 4.04. The lowest BCUT2D eigenvalue weighted by atomic mass is 9.99. The largest absolute Gasteiger partial charge is 0.484 e. The molecule has 36 heavy (non-hydrogen) atoms. The van der Waals surface area contributed by atoms with Crippen LogP contribution in [0.15, 0.2) is 100 Å². The Morgan fingerprint density at radius 3 is 2.44 bits per heavy atom. The van der Waals surface area contributed by atoms with E-state index in [1.54, 1.807) is 28.2 Å². The number of thiophene rings is 1. The number of hydrogen-bond acceptors (Lipinski definition) is 6. The van der Waals surface area contributed by atoms with Crippen LogP contribution in [0.25, 0.3) is 33.3 Å². The molecular formula is C27H17N3O4S2. The van der Waals surface area contributed by atoms with E-state index >= 15 is 0 Å². The molecule has 176 valence electrons. The van der Waals surface area contributed by atoms with Crippen molar-refractivity contribution in [3.63, 3.8) is 0 Å². The zero-order valence-electron chi connectivity index (χ0n) is 18.7. The predicted octanol–water partition coefficient (Wildman–Crippen LogP) is 6.15. The number of ether oxygens (including phenoxy) is 1. The normalized spacial score (nSPS) is 11.6. The monoisotopic (exact) mass is 511 g/mol. The third-order valence-electron chi connectivity index (χ3n) is 5.57. The molecule has 0 fully saturated rings. The maximum Gasteiger partial charge on any atom is 0.323 e. The van der Waals surface area contributed by atoms with Crippen LogP contribution >= 0.6 is 11.3 Å². The molecule has 1 atom stereocenters. The second kappa shape index (κ2) is 10.1. The number of nitriles is 1. The number of nitrogens with zero attached hydrogens (tertiary/aromatic N) is 3. The molecule has 0 radical (unpaired) electrons. The van der Waals surface area contributed by atoms with E-state index in [-0.39, 0.29) is 0 Å². The highest BCUT2D eigenvalue weighted by molar-refractivity contribution is 7.83. The number of carbonyl (C=O) groups excluding carboxylic acids is 1. The minimum Gasteiger partial charge on any atom is -0.484 e. The summed E-state index contributed by atoms with van der Waals surface area (Å²) in [5.74, 6) is -0.558. The summed E-state index contributed by atoms with van der Waals surface area (Å²) in [6.07, 6.45) is 0. The fourth-order valence-corrected chi connectivity index (χ4v) is 6.01. The van der Waals surface area contributed by atoms with Crippen molar-refractivity contribution in [2.24, 2.45) is 5.18 Å². The third kappa shape index (κ3) is 4.24. The molecule has 1 amide bonds. The highest BCUT2D eigenvalue weighted by atomic mass is 32.2. The van der Waals surface area contributed by atoms with Gasteiger partial charge in [-0.25, -0.2) is 4.21 Å². The van der Waals surface area contributed by atoms with Crippen molar-refractivity contribution in [1.82, 2.24) is 3.97 Å². The quantitative estimate of drug-likeness (QED) is 0.244. The first-order valence-electron chi connectivity index (χ1n) is 10.8. The zero-order chi connectivity index (χ0) is 25.1. The van der Waals surface area contributed by atoms with E-state index in [2.05, 4.69) is 11.2 Å². The summed E-state index contributed by atoms with van der Waals surface area (Å²) in [6.45, 7) is -0.461. The lowest BCUT2D eigenvalue weighted by Gasteiger charge is -2.13. The summed E-state index contributed by atoms with van der Waals surface area (Å²) in [7, 11) is -1.66. The van der Waals surface area contributed by atoms with E-state index in [9.17, 15) is 19.2 Å². The Morgan fingerprint density at radius 1 is 1.00 bits per heavy atom. The van der Waals surface area contributed by atoms with E-state index in [0.717, 1.165) is 33.3 Å². The van der Waals surface area contributed by atoms with Crippen LogP contribution in [0.1, 0.15) is 4.88 Å². The van der Waals surface area contributed by atoms with Crippen molar-refractivity contribution in [2.75, 3.05) is 6.61 Å². The Morgan fingerprint density at radius 2 is 1.72 bits per heavy atom. The number of carbonyl (C=O) groups is 1. The molecule has 9 heteroatoms. The van der Waals surface area contributed by atoms with E-state index in [0.29, 0.717) is 15.5 Å². The van der Waals surface area contributed by atoms with Crippen LogP contribution in [-0.2, 0) is 15.8 Å². The van der Waals surface area contributed by atoms with Crippen LogP contribution in [0.2, 0.25) is 0 Å². The van der Waals surface area contributed by atoms with Crippen LogP contribution in [0.4, 0.5) is 0 Å². The number of nitroso groups, excluding NO2 is 1. The first-order valence-corrected chi connectivity index (χ1v) is 12.8. The Labute approximate surface area is 212 Å². The molecule has 0 bridgehead atoms.